The van der Waals surface area contributed by atoms with Crippen LogP contribution in [-0.4, -0.2) is 45.6 Å². The summed E-state index contributed by atoms with van der Waals surface area (Å²) in [6.45, 7) is 4.18. The Bertz CT molecular complexity index is 1630. The van der Waals surface area contributed by atoms with Crippen molar-refractivity contribution in [2.75, 3.05) is 25.0 Å². The highest BCUT2D eigenvalue weighted by atomic mass is 35.5. The first kappa shape index (κ1) is 27.5. The molecule has 2 aromatic carbocycles. The molecule has 2 fully saturated rings. The zero-order valence-electron chi connectivity index (χ0n) is 22.3. The van der Waals surface area contributed by atoms with Crippen LogP contribution in [0.25, 0.3) is 10.9 Å². The van der Waals surface area contributed by atoms with Gasteiger partial charge in [0.25, 0.3) is 11.5 Å². The summed E-state index contributed by atoms with van der Waals surface area (Å²) in [6, 6.07) is 11.3. The summed E-state index contributed by atoms with van der Waals surface area (Å²) in [4.78, 5) is 53.6. The van der Waals surface area contributed by atoms with Crippen molar-refractivity contribution < 1.29 is 9.59 Å². The van der Waals surface area contributed by atoms with Gasteiger partial charge in [0.2, 0.25) is 0 Å². The van der Waals surface area contributed by atoms with Crippen LogP contribution in [0.2, 0.25) is 5.02 Å². The molecule has 1 aliphatic heterocycles. The Kier molecular flexibility index (Phi) is 7.94. The number of halogens is 1. The van der Waals surface area contributed by atoms with Crippen molar-refractivity contribution in [3.05, 3.63) is 73.4 Å². The first-order chi connectivity index (χ1) is 19.3. The number of likely N-dealkylation sites (tertiary alicyclic amines) is 1. The summed E-state index contributed by atoms with van der Waals surface area (Å²) in [5.74, 6) is 0.152. The number of hydrogen-bond acceptors (Lipinski definition) is 5. The van der Waals surface area contributed by atoms with Crippen LogP contribution in [0.15, 0.2) is 46.0 Å². The first-order valence-corrected chi connectivity index (χ1v) is 14.0. The quantitative estimate of drug-likeness (QED) is 0.452. The number of carbonyl (C=O) groups is 2. The van der Waals surface area contributed by atoms with E-state index in [2.05, 4.69) is 10.6 Å². The Labute approximate surface area is 236 Å². The Morgan fingerprint density at radius 3 is 2.58 bits per heavy atom. The molecule has 0 radical (unpaired) electrons. The van der Waals surface area contributed by atoms with Gasteiger partial charge in [-0.3, -0.25) is 18.7 Å². The lowest BCUT2D eigenvalue weighted by Gasteiger charge is -2.33. The van der Waals surface area contributed by atoms with E-state index in [1.807, 2.05) is 13.0 Å². The van der Waals surface area contributed by atoms with E-state index in [9.17, 15) is 19.2 Å². The molecule has 1 saturated carbocycles. The number of fused-ring (bicyclic) bond motifs is 1. The predicted molar refractivity (Wildman–Crippen MR) is 153 cm³/mol. The second-order valence-electron chi connectivity index (χ2n) is 10.5. The Hall–Kier alpha value is -4.10. The number of benzene rings is 2. The number of piperidine rings is 1. The van der Waals surface area contributed by atoms with E-state index in [0.29, 0.717) is 66.4 Å². The largest absolute Gasteiger partial charge is 0.352 e. The van der Waals surface area contributed by atoms with Crippen LogP contribution in [0.5, 0.6) is 0 Å². The predicted octanol–water partition coefficient (Wildman–Crippen LogP) is 3.79. The summed E-state index contributed by atoms with van der Waals surface area (Å²) in [5.41, 5.74) is 1.10. The van der Waals surface area contributed by atoms with Crippen molar-refractivity contribution in [3.63, 3.8) is 0 Å². The molecule has 2 aliphatic rings. The summed E-state index contributed by atoms with van der Waals surface area (Å²) < 4.78 is 2.92. The third-order valence-corrected chi connectivity index (χ3v) is 7.95. The lowest BCUT2D eigenvalue weighted by molar-refractivity contribution is 0.0938. The van der Waals surface area contributed by atoms with Crippen molar-refractivity contribution in [2.24, 2.45) is 11.8 Å². The summed E-state index contributed by atoms with van der Waals surface area (Å²) in [7, 11) is 0. The molecule has 1 aromatic heterocycles. The van der Waals surface area contributed by atoms with E-state index >= 15 is 0 Å². The second-order valence-corrected chi connectivity index (χ2v) is 10.9. The molecule has 1 atom stereocenters. The van der Waals surface area contributed by atoms with Gasteiger partial charge in [-0.05, 0) is 80.8 Å². The molecule has 208 valence electrons. The highest BCUT2D eigenvalue weighted by molar-refractivity contribution is 6.32. The number of amides is 3. The number of rotatable bonds is 7. The molecule has 1 saturated heterocycles. The third kappa shape index (κ3) is 5.75. The lowest BCUT2D eigenvalue weighted by atomic mass is 9.98. The first-order valence-electron chi connectivity index (χ1n) is 13.6. The molecule has 40 heavy (non-hydrogen) atoms. The van der Waals surface area contributed by atoms with Gasteiger partial charge in [-0.25, -0.2) is 9.59 Å². The monoisotopic (exact) mass is 562 g/mol. The molecular formula is C29H31ClN6O4. The number of aryl methyl sites for hydroxylation is 1. The maximum Gasteiger partial charge on any atom is 0.331 e. The molecule has 3 aromatic rings. The molecule has 5 rings (SSSR count). The second kappa shape index (κ2) is 11.6. The van der Waals surface area contributed by atoms with Crippen LogP contribution in [0.4, 0.5) is 10.5 Å². The van der Waals surface area contributed by atoms with Gasteiger partial charge in [0, 0.05) is 44.0 Å². The minimum absolute atomic E-state index is 0.0718. The number of carbonyl (C=O) groups excluding carboxylic acids is 2. The molecule has 1 aliphatic carbocycles. The average molecular weight is 563 g/mol. The zero-order chi connectivity index (χ0) is 28.4. The van der Waals surface area contributed by atoms with Crippen molar-refractivity contribution in [1.82, 2.24) is 19.4 Å². The molecule has 0 bridgehead atoms. The average Bonchev–Trinajstić information content (AvgIpc) is 3.79. The topological polar surface area (TPSA) is 129 Å². The maximum atomic E-state index is 13.2. The fourth-order valence-electron chi connectivity index (χ4n) is 5.23. The van der Waals surface area contributed by atoms with Gasteiger partial charge in [0.05, 0.1) is 21.5 Å². The summed E-state index contributed by atoms with van der Waals surface area (Å²) in [6.07, 6.45) is 3.71. The van der Waals surface area contributed by atoms with Gasteiger partial charge in [-0.2, -0.15) is 5.26 Å². The number of anilines is 1. The van der Waals surface area contributed by atoms with Gasteiger partial charge in [0.15, 0.2) is 0 Å². The zero-order valence-corrected chi connectivity index (χ0v) is 23.0. The van der Waals surface area contributed by atoms with Gasteiger partial charge in [0.1, 0.15) is 6.07 Å². The number of urea groups is 1. The summed E-state index contributed by atoms with van der Waals surface area (Å²) in [5, 5.41) is 15.5. The maximum absolute atomic E-state index is 13.2. The summed E-state index contributed by atoms with van der Waals surface area (Å²) >= 11 is 6.05. The highest BCUT2D eigenvalue weighted by Gasteiger charge is 2.26. The molecule has 1 unspecified atom stereocenters. The molecule has 10 nitrogen and oxygen atoms in total. The number of nitriles is 1. The van der Waals surface area contributed by atoms with E-state index in [1.165, 1.54) is 16.7 Å². The van der Waals surface area contributed by atoms with Gasteiger partial charge in [-0.15, -0.1) is 0 Å². The van der Waals surface area contributed by atoms with Crippen LogP contribution in [0.3, 0.4) is 0 Å². The van der Waals surface area contributed by atoms with Crippen molar-refractivity contribution in [3.8, 4) is 6.07 Å². The van der Waals surface area contributed by atoms with Crippen LogP contribution >= 0.6 is 11.6 Å². The van der Waals surface area contributed by atoms with E-state index in [-0.39, 0.29) is 34.1 Å². The Balaban J connectivity index is 1.25. The normalized spacial score (nSPS) is 16.9. The molecule has 3 amide bonds. The SMILES string of the molecule is CCn1c(=O)n(CC2CC2)c(=O)c2cc(NC(=O)N3CCCC(CNC(=O)c4ccc(C#N)c(Cl)c4)C3)ccc21. The van der Waals surface area contributed by atoms with Gasteiger partial charge < -0.3 is 15.5 Å². The van der Waals surface area contributed by atoms with Crippen LogP contribution < -0.4 is 21.9 Å². The minimum atomic E-state index is -0.329. The van der Waals surface area contributed by atoms with Crippen LogP contribution in [-0.2, 0) is 13.1 Å². The molecule has 11 heteroatoms. The minimum Gasteiger partial charge on any atom is -0.352 e. The van der Waals surface area contributed by atoms with E-state index in [4.69, 9.17) is 16.9 Å². The number of nitrogens with zero attached hydrogens (tertiary/aromatic N) is 4. The van der Waals surface area contributed by atoms with E-state index in [0.717, 1.165) is 25.7 Å². The highest BCUT2D eigenvalue weighted by Crippen LogP contribution is 2.30. The smallest absolute Gasteiger partial charge is 0.331 e. The van der Waals surface area contributed by atoms with E-state index < -0.39 is 0 Å². The number of hydrogen-bond donors (Lipinski definition) is 2. The Morgan fingerprint density at radius 2 is 1.88 bits per heavy atom. The fourth-order valence-corrected chi connectivity index (χ4v) is 5.45. The standard InChI is InChI=1S/C29H31ClN6O4/c1-2-35-25-10-9-22(13-23(25)27(38)36(29(35)40)17-18-5-6-18)33-28(39)34-11-3-4-19(16-34)15-32-26(37)20-7-8-21(14-31)24(30)12-20/h7-10,12-13,18-19H,2-6,11,15-17H2,1H3,(H,32,37)(H,33,39). The molecule has 2 heterocycles. The molecule has 2 N–H and O–H groups in total. The number of aromatic nitrogens is 2. The van der Waals surface area contributed by atoms with Crippen molar-refractivity contribution in [2.45, 2.75) is 45.7 Å². The van der Waals surface area contributed by atoms with Gasteiger partial charge >= 0.3 is 11.7 Å². The van der Waals surface area contributed by atoms with Crippen molar-refractivity contribution >= 4 is 40.1 Å². The van der Waals surface area contributed by atoms with Crippen LogP contribution in [0.1, 0.15) is 48.5 Å². The Morgan fingerprint density at radius 1 is 1.07 bits per heavy atom. The molecule has 0 spiro atoms. The van der Waals surface area contributed by atoms with Crippen molar-refractivity contribution in [1.29, 1.82) is 5.26 Å². The van der Waals surface area contributed by atoms with E-state index in [1.54, 1.807) is 33.7 Å². The third-order valence-electron chi connectivity index (χ3n) is 7.64. The fraction of sp³-hybridized carbons (Fsp3) is 0.414. The lowest BCUT2D eigenvalue weighted by Crippen LogP contribution is -2.45. The number of nitrogens with one attached hydrogen (secondary N) is 2. The van der Waals surface area contributed by atoms with Crippen LogP contribution in [0, 0.1) is 23.2 Å². The van der Waals surface area contributed by atoms with Gasteiger partial charge in [-0.1, -0.05) is 11.6 Å². The molecular weight excluding hydrogens is 532 g/mol.